The van der Waals surface area contributed by atoms with E-state index in [1.54, 1.807) is 0 Å². The van der Waals surface area contributed by atoms with E-state index in [-0.39, 0.29) is 41.8 Å². The van der Waals surface area contributed by atoms with Crippen LogP contribution in [0.25, 0.3) is 0 Å². The van der Waals surface area contributed by atoms with E-state index in [0.717, 1.165) is 102 Å². The zero-order valence-corrected chi connectivity index (χ0v) is 26.6. The van der Waals surface area contributed by atoms with Crippen LogP contribution in [0.4, 0.5) is 0 Å². The Labute approximate surface area is 266 Å². The molecule has 3 aliphatic heterocycles. The number of fused-ring (bicyclic) bond motifs is 4. The van der Waals surface area contributed by atoms with Crippen molar-refractivity contribution in [3.05, 3.63) is 0 Å². The second-order valence-electron chi connectivity index (χ2n) is 15.2. The Morgan fingerprint density at radius 1 is 0.622 bits per heavy atom. The molecule has 13 unspecified atom stereocenters. The van der Waals surface area contributed by atoms with Gasteiger partial charge in [-0.2, -0.15) is 0 Å². The van der Waals surface area contributed by atoms with Crippen molar-refractivity contribution in [1.82, 2.24) is 0 Å². The van der Waals surface area contributed by atoms with Gasteiger partial charge in [0, 0.05) is 12.3 Å². The van der Waals surface area contributed by atoms with Crippen LogP contribution >= 0.6 is 0 Å². The summed E-state index contributed by atoms with van der Waals surface area (Å²) in [5.41, 5.74) is 0. The molecule has 3 saturated heterocycles. The van der Waals surface area contributed by atoms with Crippen LogP contribution in [0.15, 0.2) is 0 Å². The third-order valence-electron chi connectivity index (χ3n) is 11.8. The van der Waals surface area contributed by atoms with Gasteiger partial charge in [-0.1, -0.05) is 0 Å². The lowest BCUT2D eigenvalue weighted by molar-refractivity contribution is -0.185. The van der Waals surface area contributed by atoms with Gasteiger partial charge in [-0.05, 0) is 120 Å². The molecule has 8 rings (SSSR count). The Morgan fingerprint density at radius 3 is 1.96 bits per heavy atom. The number of hydrogen-bond acceptors (Lipinski definition) is 10. The fraction of sp³-hybridized carbons (Fsp3) is 0.914. The molecule has 5 aliphatic carbocycles. The first-order valence-electron chi connectivity index (χ1n) is 18.1. The van der Waals surface area contributed by atoms with Crippen LogP contribution in [0, 0.1) is 35.5 Å². The summed E-state index contributed by atoms with van der Waals surface area (Å²) in [7, 11) is 0. The molecule has 1 N–H and O–H groups in total. The lowest BCUT2D eigenvalue weighted by atomic mass is 9.88. The Bertz CT molecular complexity index is 1070. The molecule has 3 heterocycles. The molecule has 10 heteroatoms. The summed E-state index contributed by atoms with van der Waals surface area (Å²) in [4.78, 5) is 35.9. The van der Waals surface area contributed by atoms with E-state index in [9.17, 15) is 19.5 Å². The Kier molecular flexibility index (Phi) is 10.0. The van der Waals surface area contributed by atoms with Gasteiger partial charge in [0.05, 0.1) is 61.7 Å². The molecular weight excluding hydrogens is 580 g/mol. The van der Waals surface area contributed by atoms with E-state index >= 15 is 0 Å². The van der Waals surface area contributed by atoms with Crippen LogP contribution in [0.3, 0.4) is 0 Å². The van der Waals surface area contributed by atoms with Crippen LogP contribution in [0.1, 0.15) is 109 Å². The zero-order valence-electron chi connectivity index (χ0n) is 26.6. The van der Waals surface area contributed by atoms with E-state index in [0.29, 0.717) is 56.1 Å². The topological polar surface area (TPSA) is 137 Å². The summed E-state index contributed by atoms with van der Waals surface area (Å²) in [6.07, 6.45) is 17.5. The molecule has 0 aromatic rings. The normalized spacial score (nSPS) is 42.1. The summed E-state index contributed by atoms with van der Waals surface area (Å²) >= 11 is 0. The highest BCUT2D eigenvalue weighted by Gasteiger charge is 2.48. The number of unbranched alkanes of at least 4 members (excludes halogenated alkanes) is 2. The monoisotopic (exact) mass is 632 g/mol. The Balaban J connectivity index is 0.000000151. The first-order valence-corrected chi connectivity index (χ1v) is 18.1. The summed E-state index contributed by atoms with van der Waals surface area (Å²) in [6.45, 7) is 0.986. The SMILES string of the molecule is O=C(CCCCCOC(=O)C1CCC2OC2C1)OCC1CCC2OC2C1.O=C(OC(O)C1CCC2CC2C1)C1CCC2OC2C1. The molecule has 0 amide bonds. The number of carbonyl (C=O) groups is 3. The molecule has 0 bridgehead atoms. The van der Waals surface area contributed by atoms with Gasteiger partial charge in [-0.25, -0.2) is 0 Å². The minimum Gasteiger partial charge on any atom is -0.465 e. The molecule has 8 aliphatic rings. The van der Waals surface area contributed by atoms with E-state index in [1.807, 2.05) is 0 Å². The number of aliphatic hydroxyl groups excluding tert-OH is 1. The number of carbonyl (C=O) groups excluding carboxylic acids is 3. The van der Waals surface area contributed by atoms with Gasteiger partial charge in [-0.3, -0.25) is 14.4 Å². The number of esters is 3. The van der Waals surface area contributed by atoms with E-state index in [1.165, 1.54) is 12.8 Å². The molecule has 0 radical (unpaired) electrons. The van der Waals surface area contributed by atoms with E-state index in [4.69, 9.17) is 28.4 Å². The minimum atomic E-state index is -0.883. The molecule has 0 aromatic heterocycles. The first kappa shape index (κ1) is 31.8. The summed E-state index contributed by atoms with van der Waals surface area (Å²) in [5.74, 6) is 1.90. The predicted molar refractivity (Wildman–Crippen MR) is 159 cm³/mol. The van der Waals surface area contributed by atoms with Gasteiger partial charge in [-0.15, -0.1) is 0 Å². The molecule has 10 nitrogen and oxygen atoms in total. The summed E-state index contributed by atoms with van der Waals surface area (Å²) in [6, 6.07) is 0. The molecule has 0 spiro atoms. The molecule has 5 saturated carbocycles. The van der Waals surface area contributed by atoms with Crippen molar-refractivity contribution >= 4 is 17.9 Å². The van der Waals surface area contributed by atoms with Gasteiger partial charge in [0.2, 0.25) is 6.29 Å². The maximum absolute atomic E-state index is 12.1. The number of hydrogen-bond donors (Lipinski definition) is 1. The van der Waals surface area contributed by atoms with Gasteiger partial charge in [0.25, 0.3) is 0 Å². The average molecular weight is 633 g/mol. The van der Waals surface area contributed by atoms with Gasteiger partial charge >= 0.3 is 17.9 Å². The van der Waals surface area contributed by atoms with Crippen molar-refractivity contribution in [3.8, 4) is 0 Å². The first-order chi connectivity index (χ1) is 21.9. The third kappa shape index (κ3) is 8.79. The largest absolute Gasteiger partial charge is 0.465 e. The second-order valence-corrected chi connectivity index (χ2v) is 15.2. The van der Waals surface area contributed by atoms with Crippen LogP contribution in [0.5, 0.6) is 0 Å². The molecular formula is C35H52O10. The highest BCUT2D eigenvalue weighted by Crippen LogP contribution is 2.52. The van der Waals surface area contributed by atoms with Crippen molar-refractivity contribution in [2.45, 2.75) is 152 Å². The van der Waals surface area contributed by atoms with Crippen molar-refractivity contribution < 1.29 is 47.9 Å². The second kappa shape index (κ2) is 14.2. The fourth-order valence-electron chi connectivity index (χ4n) is 8.45. The Morgan fingerprint density at radius 2 is 1.29 bits per heavy atom. The smallest absolute Gasteiger partial charge is 0.311 e. The molecule has 13 atom stereocenters. The van der Waals surface area contributed by atoms with Crippen LogP contribution in [0.2, 0.25) is 0 Å². The highest BCUT2D eigenvalue weighted by molar-refractivity contribution is 5.73. The van der Waals surface area contributed by atoms with Crippen molar-refractivity contribution in [3.63, 3.8) is 0 Å². The summed E-state index contributed by atoms with van der Waals surface area (Å²) in [5, 5.41) is 10.1. The number of epoxide rings is 3. The number of rotatable bonds is 12. The minimum absolute atomic E-state index is 0.0184. The lowest BCUT2D eigenvalue weighted by Gasteiger charge is -2.27. The van der Waals surface area contributed by atoms with Crippen LogP contribution in [-0.2, 0) is 42.8 Å². The number of ether oxygens (including phenoxy) is 6. The van der Waals surface area contributed by atoms with Crippen molar-refractivity contribution in [2.24, 2.45) is 35.5 Å². The molecule has 0 aromatic carbocycles. The summed E-state index contributed by atoms with van der Waals surface area (Å²) < 4.78 is 32.5. The van der Waals surface area contributed by atoms with Crippen molar-refractivity contribution in [1.29, 1.82) is 0 Å². The van der Waals surface area contributed by atoms with Crippen LogP contribution in [-0.4, -0.2) is 79.1 Å². The highest BCUT2D eigenvalue weighted by atomic mass is 16.6. The van der Waals surface area contributed by atoms with E-state index < -0.39 is 6.29 Å². The lowest BCUT2D eigenvalue weighted by Crippen LogP contribution is -2.33. The molecule has 252 valence electrons. The molecule has 45 heavy (non-hydrogen) atoms. The maximum atomic E-state index is 12.1. The fourth-order valence-corrected chi connectivity index (χ4v) is 8.45. The van der Waals surface area contributed by atoms with Gasteiger partial charge in [0.1, 0.15) is 0 Å². The quantitative estimate of drug-likeness (QED) is 0.107. The maximum Gasteiger partial charge on any atom is 0.311 e. The number of aliphatic hydroxyl groups is 1. The van der Waals surface area contributed by atoms with Gasteiger partial charge in [0.15, 0.2) is 0 Å². The zero-order chi connectivity index (χ0) is 30.9. The standard InChI is InChI=1S/C20H30O6.C15H22O4/c21-19(24-12-13-5-7-15-17(10-13)25-15)4-2-1-3-9-23-20(22)14-6-8-16-18(11-14)26-16;16-14(9-2-1-8-5-11(8)6-9)19-15(17)10-3-4-12-13(7-10)18-12/h13-18H,1-12H2;8-14,16H,1-7H2. The predicted octanol–water partition coefficient (Wildman–Crippen LogP) is 4.62. The van der Waals surface area contributed by atoms with Crippen LogP contribution < -0.4 is 0 Å². The van der Waals surface area contributed by atoms with Gasteiger partial charge < -0.3 is 33.5 Å². The molecule has 8 fully saturated rings. The Hall–Kier alpha value is -1.75. The van der Waals surface area contributed by atoms with E-state index in [2.05, 4.69) is 0 Å². The third-order valence-corrected chi connectivity index (χ3v) is 11.8. The van der Waals surface area contributed by atoms with Crippen molar-refractivity contribution in [2.75, 3.05) is 13.2 Å². The average Bonchev–Trinajstić information content (AvgIpc) is 3.88.